The molecule has 2 rings (SSSR count). The fraction of sp³-hybridized carbons (Fsp3) is 0.286. The summed E-state index contributed by atoms with van der Waals surface area (Å²) in [5.74, 6) is 2.63. The number of rotatable bonds is 5. The highest BCUT2D eigenvalue weighted by molar-refractivity contribution is 5.80. The molecule has 2 aromatic rings. The van der Waals surface area contributed by atoms with Crippen LogP contribution in [-0.2, 0) is 6.54 Å². The molecular formula is C14H15NO. The van der Waals surface area contributed by atoms with Gasteiger partial charge >= 0.3 is 0 Å². The highest BCUT2D eigenvalue weighted by Gasteiger charge is 2.03. The summed E-state index contributed by atoms with van der Waals surface area (Å²) >= 11 is 0. The Balaban J connectivity index is 1.92. The quantitative estimate of drug-likeness (QED) is 0.610. The lowest BCUT2D eigenvalue weighted by Crippen LogP contribution is -2.14. The molecule has 1 aromatic heterocycles. The van der Waals surface area contributed by atoms with E-state index in [4.69, 9.17) is 10.8 Å². The molecule has 16 heavy (non-hydrogen) atoms. The number of benzene rings is 1. The number of hydrogen-bond acceptors (Lipinski definition) is 2. The highest BCUT2D eigenvalue weighted by atomic mass is 16.3. The summed E-state index contributed by atoms with van der Waals surface area (Å²) in [7, 11) is 0. The smallest absolute Gasteiger partial charge is 0.134 e. The number of para-hydroxylation sites is 1. The predicted octanol–water partition coefficient (Wildman–Crippen LogP) is 2.94. The van der Waals surface area contributed by atoms with Crippen molar-refractivity contribution in [2.75, 3.05) is 6.54 Å². The van der Waals surface area contributed by atoms with E-state index in [1.165, 1.54) is 10.9 Å². The lowest BCUT2D eigenvalue weighted by molar-refractivity contribution is 0.599. The van der Waals surface area contributed by atoms with Crippen LogP contribution in [0.5, 0.6) is 0 Å². The molecular weight excluding hydrogens is 198 g/mol. The topological polar surface area (TPSA) is 25.2 Å². The molecule has 0 fully saturated rings. The molecule has 0 saturated carbocycles. The van der Waals surface area contributed by atoms with Crippen molar-refractivity contribution in [3.05, 3.63) is 36.1 Å². The monoisotopic (exact) mass is 213 g/mol. The van der Waals surface area contributed by atoms with Gasteiger partial charge in [-0.05, 0) is 19.0 Å². The zero-order valence-electron chi connectivity index (χ0n) is 9.20. The third-order valence-corrected chi connectivity index (χ3v) is 2.55. The van der Waals surface area contributed by atoms with Crippen molar-refractivity contribution in [3.63, 3.8) is 0 Å². The van der Waals surface area contributed by atoms with E-state index in [0.29, 0.717) is 0 Å². The van der Waals surface area contributed by atoms with E-state index in [0.717, 1.165) is 31.5 Å². The highest BCUT2D eigenvalue weighted by Crippen LogP contribution is 2.20. The lowest BCUT2D eigenvalue weighted by atomic mass is 10.2. The number of terminal acetylenes is 1. The van der Waals surface area contributed by atoms with E-state index < -0.39 is 0 Å². The number of fused-ring (bicyclic) bond motifs is 1. The van der Waals surface area contributed by atoms with Crippen LogP contribution in [0, 0.1) is 12.3 Å². The van der Waals surface area contributed by atoms with E-state index >= 15 is 0 Å². The normalized spacial score (nSPS) is 10.4. The van der Waals surface area contributed by atoms with Gasteiger partial charge in [-0.15, -0.1) is 12.3 Å². The Labute approximate surface area is 95.6 Å². The second kappa shape index (κ2) is 5.39. The Morgan fingerprint density at radius 1 is 1.31 bits per heavy atom. The van der Waals surface area contributed by atoms with Crippen molar-refractivity contribution in [3.8, 4) is 12.3 Å². The van der Waals surface area contributed by atoms with Gasteiger partial charge in [0.2, 0.25) is 0 Å². The van der Waals surface area contributed by atoms with Crippen LogP contribution in [0.1, 0.15) is 18.4 Å². The summed E-state index contributed by atoms with van der Waals surface area (Å²) in [6.45, 7) is 1.78. The molecule has 0 aliphatic rings. The van der Waals surface area contributed by atoms with E-state index in [2.05, 4.69) is 17.3 Å². The number of furan rings is 1. The van der Waals surface area contributed by atoms with E-state index in [-0.39, 0.29) is 0 Å². The Bertz CT molecular complexity index is 493. The van der Waals surface area contributed by atoms with Gasteiger partial charge in [0.15, 0.2) is 0 Å². The molecule has 0 saturated heterocycles. The van der Waals surface area contributed by atoms with Crippen molar-refractivity contribution in [1.82, 2.24) is 5.32 Å². The van der Waals surface area contributed by atoms with Gasteiger partial charge in [-0.3, -0.25) is 0 Å². The molecule has 1 aromatic carbocycles. The molecule has 0 bridgehead atoms. The standard InChI is InChI=1S/C14H15NO/c1-2-3-6-9-15-10-12-11-16-14-8-5-4-7-13(12)14/h1,4-5,7-8,11,15H,3,6,9-10H2. The van der Waals surface area contributed by atoms with Gasteiger partial charge in [0.1, 0.15) is 5.58 Å². The second-order valence-corrected chi connectivity index (χ2v) is 3.74. The fourth-order valence-electron chi connectivity index (χ4n) is 1.71. The minimum Gasteiger partial charge on any atom is -0.464 e. The van der Waals surface area contributed by atoms with Crippen molar-refractivity contribution >= 4 is 11.0 Å². The van der Waals surface area contributed by atoms with Crippen molar-refractivity contribution in [2.24, 2.45) is 0 Å². The molecule has 0 amide bonds. The minimum absolute atomic E-state index is 0.832. The van der Waals surface area contributed by atoms with Crippen LogP contribution < -0.4 is 5.32 Å². The second-order valence-electron chi connectivity index (χ2n) is 3.74. The molecule has 1 N–H and O–H groups in total. The Hall–Kier alpha value is -1.72. The molecule has 0 radical (unpaired) electrons. The van der Waals surface area contributed by atoms with Crippen molar-refractivity contribution in [1.29, 1.82) is 0 Å². The zero-order chi connectivity index (χ0) is 11.2. The maximum Gasteiger partial charge on any atom is 0.134 e. The van der Waals surface area contributed by atoms with Gasteiger partial charge in [0.05, 0.1) is 6.26 Å². The fourth-order valence-corrected chi connectivity index (χ4v) is 1.71. The van der Waals surface area contributed by atoms with Crippen LogP contribution >= 0.6 is 0 Å². The maximum absolute atomic E-state index is 5.45. The average molecular weight is 213 g/mol. The lowest BCUT2D eigenvalue weighted by Gasteiger charge is -2.01. The number of nitrogens with one attached hydrogen (secondary N) is 1. The Kier molecular flexibility index (Phi) is 3.63. The minimum atomic E-state index is 0.832. The average Bonchev–Trinajstić information content (AvgIpc) is 2.73. The molecule has 0 aliphatic carbocycles. The Morgan fingerprint density at radius 2 is 2.19 bits per heavy atom. The molecule has 0 spiro atoms. The summed E-state index contributed by atoms with van der Waals surface area (Å²) < 4.78 is 5.45. The van der Waals surface area contributed by atoms with Gasteiger partial charge in [0.25, 0.3) is 0 Å². The van der Waals surface area contributed by atoms with E-state index in [1.807, 2.05) is 24.5 Å². The molecule has 2 nitrogen and oxygen atoms in total. The summed E-state index contributed by atoms with van der Waals surface area (Å²) in [4.78, 5) is 0. The molecule has 1 heterocycles. The van der Waals surface area contributed by atoms with Gasteiger partial charge in [0, 0.05) is 23.9 Å². The number of unbranched alkanes of at least 4 members (excludes halogenated alkanes) is 1. The molecule has 0 aliphatic heterocycles. The first kappa shape index (κ1) is 10.8. The van der Waals surface area contributed by atoms with Crippen LogP contribution in [0.25, 0.3) is 11.0 Å². The summed E-state index contributed by atoms with van der Waals surface area (Å²) in [6, 6.07) is 8.07. The maximum atomic E-state index is 5.45. The van der Waals surface area contributed by atoms with Crippen LogP contribution in [0.15, 0.2) is 34.9 Å². The summed E-state index contributed by atoms with van der Waals surface area (Å²) in [5.41, 5.74) is 2.15. The van der Waals surface area contributed by atoms with Gasteiger partial charge in [-0.2, -0.15) is 0 Å². The first-order valence-corrected chi connectivity index (χ1v) is 5.51. The first-order chi connectivity index (χ1) is 7.92. The van der Waals surface area contributed by atoms with Crippen LogP contribution in [-0.4, -0.2) is 6.54 Å². The van der Waals surface area contributed by atoms with Crippen LogP contribution in [0.3, 0.4) is 0 Å². The van der Waals surface area contributed by atoms with E-state index in [1.54, 1.807) is 0 Å². The summed E-state index contributed by atoms with van der Waals surface area (Å²) in [5, 5.41) is 4.55. The van der Waals surface area contributed by atoms with Crippen LogP contribution in [0.4, 0.5) is 0 Å². The largest absolute Gasteiger partial charge is 0.464 e. The van der Waals surface area contributed by atoms with E-state index in [9.17, 15) is 0 Å². The predicted molar refractivity (Wildman–Crippen MR) is 66.0 cm³/mol. The molecule has 0 atom stereocenters. The molecule has 82 valence electrons. The molecule has 0 unspecified atom stereocenters. The first-order valence-electron chi connectivity index (χ1n) is 5.51. The van der Waals surface area contributed by atoms with Crippen molar-refractivity contribution < 1.29 is 4.42 Å². The SMILES string of the molecule is C#CCCCNCc1coc2ccccc12. The Morgan fingerprint density at radius 3 is 3.06 bits per heavy atom. The number of hydrogen-bond donors (Lipinski definition) is 1. The van der Waals surface area contributed by atoms with Crippen molar-refractivity contribution in [2.45, 2.75) is 19.4 Å². The molecule has 2 heteroatoms. The zero-order valence-corrected chi connectivity index (χ0v) is 9.20. The van der Waals surface area contributed by atoms with Gasteiger partial charge in [-0.25, -0.2) is 0 Å². The van der Waals surface area contributed by atoms with Gasteiger partial charge in [-0.1, -0.05) is 18.2 Å². The summed E-state index contributed by atoms with van der Waals surface area (Å²) in [6.07, 6.45) is 8.86. The van der Waals surface area contributed by atoms with Gasteiger partial charge < -0.3 is 9.73 Å². The van der Waals surface area contributed by atoms with Crippen LogP contribution in [0.2, 0.25) is 0 Å². The third kappa shape index (κ3) is 2.44. The third-order valence-electron chi connectivity index (χ3n) is 2.55.